The Kier molecular flexibility index (Phi) is 5.23. The van der Waals surface area contributed by atoms with E-state index in [1.165, 1.54) is 24.3 Å². The maximum Gasteiger partial charge on any atom is 0.199 e. The third-order valence-electron chi connectivity index (χ3n) is 8.45. The average molecular weight is 548 g/mol. The van der Waals surface area contributed by atoms with Crippen LogP contribution in [0.3, 0.4) is 0 Å². The van der Waals surface area contributed by atoms with Crippen LogP contribution in [-0.4, -0.2) is 20.9 Å². The summed E-state index contributed by atoms with van der Waals surface area (Å²) in [6.07, 6.45) is -0.599. The van der Waals surface area contributed by atoms with Crippen molar-refractivity contribution in [3.63, 3.8) is 0 Å². The molecule has 0 heterocycles. The second-order valence-corrected chi connectivity index (χ2v) is 15.2. The Morgan fingerprint density at radius 2 is 1.00 bits per heavy atom. The van der Waals surface area contributed by atoms with Crippen LogP contribution in [0.2, 0.25) is 0 Å². The Balaban J connectivity index is 1.90. The molecule has 4 nitrogen and oxygen atoms in total. The van der Waals surface area contributed by atoms with Gasteiger partial charge in [-0.25, -0.2) is 16.8 Å². The molecule has 0 unspecified atom stereocenters. The molecule has 0 radical (unpaired) electrons. The molecular weight excluding hydrogens is 523 g/mol. The van der Waals surface area contributed by atoms with Gasteiger partial charge in [0.15, 0.2) is 23.8 Å². The second kappa shape index (κ2) is 7.45. The standard InChI is InChI=1S/C27H24Cl2O4S2/c1-17-23(28)21-15-27(34(30,31)19-11-7-5-8-12-19,35(32,33)20-13-9-6-10-14-20)16-22-24(29)18(2)25(17,3)26(21,22)4/h5-14H,1-2,15-16H2,3-4H3. The van der Waals surface area contributed by atoms with Crippen LogP contribution in [0.1, 0.15) is 26.7 Å². The predicted octanol–water partition coefficient (Wildman–Crippen LogP) is 6.56. The van der Waals surface area contributed by atoms with Gasteiger partial charge in [-0.2, -0.15) is 0 Å². The maximum atomic E-state index is 14.4. The van der Waals surface area contributed by atoms with E-state index in [1.807, 2.05) is 13.8 Å². The SMILES string of the molecule is C=C1C(Cl)=C2CC(S(=O)(=O)c3ccccc3)(S(=O)(=O)c3ccccc3)CC3=C(Cl)C(=C)C1(C)C23C. The fourth-order valence-corrected chi connectivity index (χ4v) is 11.9. The number of allylic oxidation sites excluding steroid dienone is 6. The molecule has 0 spiro atoms. The number of benzene rings is 2. The first-order chi connectivity index (χ1) is 16.3. The van der Waals surface area contributed by atoms with Gasteiger partial charge in [-0.3, -0.25) is 0 Å². The molecule has 0 amide bonds. The van der Waals surface area contributed by atoms with Crippen molar-refractivity contribution in [1.29, 1.82) is 0 Å². The van der Waals surface area contributed by atoms with Gasteiger partial charge in [0.2, 0.25) is 0 Å². The largest absolute Gasteiger partial charge is 0.222 e. The van der Waals surface area contributed by atoms with Crippen LogP contribution in [0.4, 0.5) is 0 Å². The van der Waals surface area contributed by atoms with E-state index in [4.69, 9.17) is 23.2 Å². The zero-order chi connectivity index (χ0) is 25.6. The molecule has 2 aromatic carbocycles. The van der Waals surface area contributed by atoms with E-state index in [1.54, 1.807) is 36.4 Å². The summed E-state index contributed by atoms with van der Waals surface area (Å²) in [5.74, 6) is 0. The lowest BCUT2D eigenvalue weighted by molar-refractivity contribution is 0.258. The minimum absolute atomic E-state index is 0.0760. The third kappa shape index (κ3) is 2.69. The highest BCUT2D eigenvalue weighted by Gasteiger charge is 2.71. The van der Waals surface area contributed by atoms with E-state index in [2.05, 4.69) is 13.2 Å². The van der Waals surface area contributed by atoms with E-state index >= 15 is 0 Å². The van der Waals surface area contributed by atoms with Crippen LogP contribution in [0.25, 0.3) is 0 Å². The van der Waals surface area contributed by atoms with E-state index in [0.29, 0.717) is 32.4 Å². The van der Waals surface area contributed by atoms with Gasteiger partial charge >= 0.3 is 0 Å². The minimum atomic E-state index is -4.45. The quantitative estimate of drug-likeness (QED) is 0.435. The van der Waals surface area contributed by atoms with Crippen molar-refractivity contribution in [3.8, 4) is 0 Å². The lowest BCUT2D eigenvalue weighted by Gasteiger charge is -2.48. The Bertz CT molecular complexity index is 1470. The molecule has 0 N–H and O–H groups in total. The lowest BCUT2D eigenvalue weighted by atomic mass is 9.59. The van der Waals surface area contributed by atoms with Crippen molar-refractivity contribution in [3.05, 3.63) is 106 Å². The first kappa shape index (κ1) is 24.6. The Hall–Kier alpha value is -2.12. The molecule has 3 aliphatic rings. The van der Waals surface area contributed by atoms with Crippen LogP contribution < -0.4 is 0 Å². The number of hydrogen-bond donors (Lipinski definition) is 0. The van der Waals surface area contributed by atoms with Gasteiger partial charge in [0.05, 0.1) is 9.79 Å². The zero-order valence-electron chi connectivity index (χ0n) is 19.3. The molecule has 0 aromatic heterocycles. The van der Waals surface area contributed by atoms with Crippen LogP contribution in [-0.2, 0) is 19.7 Å². The first-order valence-electron chi connectivity index (χ1n) is 11.1. The highest BCUT2D eigenvalue weighted by atomic mass is 35.5. The molecule has 1 fully saturated rings. The Labute approximate surface area is 216 Å². The van der Waals surface area contributed by atoms with Crippen molar-refractivity contribution in [2.24, 2.45) is 10.8 Å². The fraction of sp³-hybridized carbons (Fsp3) is 0.259. The number of hydrogen-bond acceptors (Lipinski definition) is 4. The molecular formula is C27H24Cl2O4S2. The average Bonchev–Trinajstić information content (AvgIpc) is 3.11. The third-order valence-corrected chi connectivity index (χ3v) is 15.0. The van der Waals surface area contributed by atoms with Crippen molar-refractivity contribution in [2.75, 3.05) is 0 Å². The first-order valence-corrected chi connectivity index (χ1v) is 14.8. The summed E-state index contributed by atoms with van der Waals surface area (Å²) in [7, 11) is -8.91. The van der Waals surface area contributed by atoms with Gasteiger partial charge in [0, 0.05) is 33.7 Å². The summed E-state index contributed by atoms with van der Waals surface area (Å²) in [6, 6.07) is 15.3. The molecule has 5 rings (SSSR count). The van der Waals surface area contributed by atoms with Crippen molar-refractivity contribution in [1.82, 2.24) is 0 Å². The highest BCUT2D eigenvalue weighted by Crippen LogP contribution is 2.76. The van der Waals surface area contributed by atoms with E-state index in [9.17, 15) is 16.8 Å². The second-order valence-electron chi connectivity index (χ2n) is 9.69. The normalized spacial score (nSPS) is 28.0. The summed E-state index contributed by atoms with van der Waals surface area (Å²) in [4.78, 5) is -0.152. The number of sulfone groups is 2. The molecule has 182 valence electrons. The molecule has 0 atom stereocenters. The van der Waals surface area contributed by atoms with E-state index in [0.717, 1.165) is 0 Å². The monoisotopic (exact) mass is 546 g/mol. The lowest BCUT2D eigenvalue weighted by Crippen LogP contribution is -2.53. The molecule has 0 aliphatic heterocycles. The van der Waals surface area contributed by atoms with Gasteiger partial charge in [-0.05, 0) is 46.6 Å². The molecule has 3 aliphatic carbocycles. The van der Waals surface area contributed by atoms with E-state index in [-0.39, 0.29) is 22.6 Å². The summed E-state index contributed by atoms with van der Waals surface area (Å²) in [6.45, 7) is 12.3. The molecule has 35 heavy (non-hydrogen) atoms. The van der Waals surface area contributed by atoms with Gasteiger partial charge in [0.1, 0.15) is 0 Å². The Morgan fingerprint density at radius 3 is 1.34 bits per heavy atom. The topological polar surface area (TPSA) is 68.3 Å². The number of halogens is 2. The van der Waals surface area contributed by atoms with E-state index < -0.39 is 34.6 Å². The highest BCUT2D eigenvalue weighted by molar-refractivity contribution is 8.10. The van der Waals surface area contributed by atoms with Gasteiger partial charge in [0.25, 0.3) is 0 Å². The van der Waals surface area contributed by atoms with Gasteiger partial charge < -0.3 is 0 Å². The number of rotatable bonds is 4. The molecule has 0 saturated heterocycles. The van der Waals surface area contributed by atoms with Crippen molar-refractivity contribution in [2.45, 2.75) is 40.6 Å². The predicted molar refractivity (Wildman–Crippen MR) is 139 cm³/mol. The minimum Gasteiger partial charge on any atom is -0.222 e. The zero-order valence-corrected chi connectivity index (χ0v) is 22.5. The molecule has 8 heteroatoms. The van der Waals surface area contributed by atoms with Crippen LogP contribution in [0, 0.1) is 10.8 Å². The summed E-state index contributed by atoms with van der Waals surface area (Å²) in [5.41, 5.74) is 0.606. The van der Waals surface area contributed by atoms with Crippen LogP contribution in [0.15, 0.2) is 116 Å². The summed E-state index contributed by atoms with van der Waals surface area (Å²) in [5, 5.41) is 0.599. The summed E-state index contributed by atoms with van der Waals surface area (Å²) >= 11 is 13.7. The van der Waals surface area contributed by atoms with Gasteiger partial charge in [-0.1, -0.05) is 86.6 Å². The fourth-order valence-electron chi connectivity index (χ4n) is 6.08. The smallest absolute Gasteiger partial charge is 0.199 e. The van der Waals surface area contributed by atoms with Crippen molar-refractivity contribution < 1.29 is 16.8 Å². The van der Waals surface area contributed by atoms with Gasteiger partial charge in [-0.15, -0.1) is 0 Å². The van der Waals surface area contributed by atoms with Crippen LogP contribution >= 0.6 is 23.2 Å². The summed E-state index contributed by atoms with van der Waals surface area (Å²) < 4.78 is 55.3. The van der Waals surface area contributed by atoms with Crippen molar-refractivity contribution >= 4 is 42.9 Å². The molecule has 2 aromatic rings. The molecule has 0 bridgehead atoms. The maximum absolute atomic E-state index is 14.4. The Morgan fingerprint density at radius 1 is 0.657 bits per heavy atom. The molecule has 1 saturated carbocycles. The van der Waals surface area contributed by atoms with Crippen LogP contribution in [0.5, 0.6) is 0 Å².